The molecule has 0 aliphatic carbocycles. The SMILES string of the molecule is Cc1ccc2c(c1NC(=O)Cc1ccc(C(F)(F)F)c(F)c1)CCN(S(=O)(=O)c1cccc(C#N)c1)C2. The summed E-state index contributed by atoms with van der Waals surface area (Å²) < 4.78 is 79.9. The van der Waals surface area contributed by atoms with E-state index in [1.807, 2.05) is 6.07 Å². The second kappa shape index (κ2) is 9.95. The number of hydrogen-bond acceptors (Lipinski definition) is 4. The predicted octanol–water partition coefficient (Wildman–Crippen LogP) is 4.95. The Morgan fingerprint density at radius 3 is 2.57 bits per heavy atom. The van der Waals surface area contributed by atoms with Gasteiger partial charge in [0.05, 0.1) is 28.5 Å². The minimum atomic E-state index is -4.83. The second-order valence-corrected chi connectivity index (χ2v) is 10.6. The van der Waals surface area contributed by atoms with Crippen molar-refractivity contribution in [1.29, 1.82) is 5.26 Å². The molecule has 192 valence electrons. The molecule has 0 radical (unpaired) electrons. The molecule has 4 rings (SSSR count). The zero-order valence-corrected chi connectivity index (χ0v) is 20.4. The lowest BCUT2D eigenvalue weighted by molar-refractivity contribution is -0.140. The molecule has 0 bridgehead atoms. The van der Waals surface area contributed by atoms with Crippen LogP contribution in [0.25, 0.3) is 0 Å². The Bertz CT molecular complexity index is 1530. The molecule has 0 saturated carbocycles. The Morgan fingerprint density at radius 2 is 1.89 bits per heavy atom. The van der Waals surface area contributed by atoms with E-state index >= 15 is 0 Å². The monoisotopic (exact) mass is 531 g/mol. The minimum absolute atomic E-state index is 0.0133. The van der Waals surface area contributed by atoms with Gasteiger partial charge in [-0.3, -0.25) is 4.79 Å². The third kappa shape index (κ3) is 5.50. The van der Waals surface area contributed by atoms with Crippen molar-refractivity contribution in [3.8, 4) is 6.07 Å². The van der Waals surface area contributed by atoms with Gasteiger partial charge in [0.25, 0.3) is 0 Å². The quantitative estimate of drug-likeness (QED) is 0.472. The Labute approximate surface area is 211 Å². The van der Waals surface area contributed by atoms with Crippen molar-refractivity contribution in [3.63, 3.8) is 0 Å². The molecule has 3 aromatic rings. The first-order valence-corrected chi connectivity index (χ1v) is 12.6. The average Bonchev–Trinajstić information content (AvgIpc) is 2.84. The fourth-order valence-corrected chi connectivity index (χ4v) is 5.73. The van der Waals surface area contributed by atoms with Gasteiger partial charge in [-0.15, -0.1) is 0 Å². The summed E-state index contributed by atoms with van der Waals surface area (Å²) in [5, 5.41) is 11.9. The van der Waals surface area contributed by atoms with E-state index in [2.05, 4.69) is 5.32 Å². The summed E-state index contributed by atoms with van der Waals surface area (Å²) in [6.45, 7) is 1.97. The van der Waals surface area contributed by atoms with Gasteiger partial charge >= 0.3 is 6.18 Å². The number of carbonyl (C=O) groups excluding carboxylic acids is 1. The van der Waals surface area contributed by atoms with Crippen LogP contribution in [0, 0.1) is 24.1 Å². The third-order valence-corrected chi connectivity index (χ3v) is 7.99. The fraction of sp³-hybridized carbons (Fsp3) is 0.231. The number of nitriles is 1. The number of amides is 1. The van der Waals surface area contributed by atoms with E-state index in [0.29, 0.717) is 29.8 Å². The van der Waals surface area contributed by atoms with Crippen molar-refractivity contribution in [3.05, 3.63) is 93.8 Å². The molecule has 3 aromatic carbocycles. The number of benzene rings is 3. The maximum Gasteiger partial charge on any atom is 0.419 e. The zero-order valence-electron chi connectivity index (χ0n) is 19.6. The van der Waals surface area contributed by atoms with Gasteiger partial charge in [-0.25, -0.2) is 12.8 Å². The van der Waals surface area contributed by atoms with Gasteiger partial charge in [-0.05, 0) is 65.9 Å². The van der Waals surface area contributed by atoms with Crippen LogP contribution in [0.4, 0.5) is 23.2 Å². The van der Waals surface area contributed by atoms with Gasteiger partial charge in [0.15, 0.2) is 0 Å². The van der Waals surface area contributed by atoms with E-state index in [9.17, 15) is 30.8 Å². The fourth-order valence-electron chi connectivity index (χ4n) is 4.27. The number of aryl methyl sites for hydroxylation is 1. The molecule has 1 amide bonds. The van der Waals surface area contributed by atoms with Gasteiger partial charge in [0.2, 0.25) is 15.9 Å². The molecular formula is C26H21F4N3O3S. The highest BCUT2D eigenvalue weighted by Crippen LogP contribution is 2.33. The lowest BCUT2D eigenvalue weighted by Crippen LogP contribution is -2.36. The molecule has 0 unspecified atom stereocenters. The highest BCUT2D eigenvalue weighted by Gasteiger charge is 2.34. The highest BCUT2D eigenvalue weighted by molar-refractivity contribution is 7.89. The van der Waals surface area contributed by atoms with Crippen LogP contribution in [0.2, 0.25) is 0 Å². The van der Waals surface area contributed by atoms with Gasteiger partial charge in [-0.2, -0.15) is 22.7 Å². The van der Waals surface area contributed by atoms with Crippen LogP contribution in [0.15, 0.2) is 59.5 Å². The molecule has 1 heterocycles. The molecule has 0 fully saturated rings. The topological polar surface area (TPSA) is 90.3 Å². The number of nitrogens with one attached hydrogen (secondary N) is 1. The van der Waals surface area contributed by atoms with Crippen LogP contribution < -0.4 is 5.32 Å². The van der Waals surface area contributed by atoms with Crippen LogP contribution in [0.1, 0.15) is 33.4 Å². The van der Waals surface area contributed by atoms with Crippen LogP contribution in [-0.2, 0) is 40.4 Å². The van der Waals surface area contributed by atoms with Crippen molar-refractivity contribution in [2.45, 2.75) is 37.4 Å². The first-order valence-electron chi connectivity index (χ1n) is 11.2. The van der Waals surface area contributed by atoms with Crippen LogP contribution in [-0.4, -0.2) is 25.2 Å². The minimum Gasteiger partial charge on any atom is -0.325 e. The van der Waals surface area contributed by atoms with Crippen LogP contribution in [0.5, 0.6) is 0 Å². The Balaban J connectivity index is 1.53. The summed E-state index contributed by atoms with van der Waals surface area (Å²) in [5.41, 5.74) is 1.58. The Hall–Kier alpha value is -3.75. The van der Waals surface area contributed by atoms with Crippen LogP contribution >= 0.6 is 0 Å². The van der Waals surface area contributed by atoms with E-state index in [1.54, 1.807) is 19.1 Å². The Kier molecular flexibility index (Phi) is 7.08. The Morgan fingerprint density at radius 1 is 1.14 bits per heavy atom. The van der Waals surface area contributed by atoms with Gasteiger partial charge in [0.1, 0.15) is 5.82 Å². The molecule has 1 aliphatic rings. The van der Waals surface area contributed by atoms with Gasteiger partial charge in [-0.1, -0.05) is 24.3 Å². The summed E-state index contributed by atoms with van der Waals surface area (Å²) in [7, 11) is -3.86. The summed E-state index contributed by atoms with van der Waals surface area (Å²) in [5.74, 6) is -1.99. The molecule has 0 saturated heterocycles. The maximum atomic E-state index is 13.9. The zero-order chi connectivity index (χ0) is 27.0. The van der Waals surface area contributed by atoms with Crippen molar-refractivity contribution in [2.24, 2.45) is 0 Å². The number of hydrogen-bond donors (Lipinski definition) is 1. The molecular weight excluding hydrogens is 510 g/mol. The van der Waals surface area contributed by atoms with E-state index in [0.717, 1.165) is 17.2 Å². The number of anilines is 1. The number of rotatable bonds is 5. The molecule has 0 atom stereocenters. The predicted molar refractivity (Wildman–Crippen MR) is 127 cm³/mol. The lowest BCUT2D eigenvalue weighted by atomic mass is 9.95. The van der Waals surface area contributed by atoms with Crippen molar-refractivity contribution < 1.29 is 30.8 Å². The third-order valence-electron chi connectivity index (χ3n) is 6.15. The summed E-state index contributed by atoms with van der Waals surface area (Å²) in [4.78, 5) is 12.7. The first-order chi connectivity index (χ1) is 17.4. The highest BCUT2D eigenvalue weighted by atomic mass is 32.2. The number of sulfonamides is 1. The normalized spacial score (nSPS) is 14.1. The summed E-state index contributed by atoms with van der Waals surface area (Å²) in [6, 6.07) is 13.6. The van der Waals surface area contributed by atoms with E-state index in [-0.39, 0.29) is 35.5 Å². The molecule has 0 aromatic heterocycles. The number of alkyl halides is 3. The molecule has 0 spiro atoms. The lowest BCUT2D eigenvalue weighted by Gasteiger charge is -2.30. The molecule has 6 nitrogen and oxygen atoms in total. The second-order valence-electron chi connectivity index (χ2n) is 8.66. The van der Waals surface area contributed by atoms with Gasteiger partial charge < -0.3 is 5.32 Å². The number of fused-ring (bicyclic) bond motifs is 1. The van der Waals surface area contributed by atoms with Gasteiger partial charge in [0, 0.05) is 18.8 Å². The maximum absolute atomic E-state index is 13.9. The number of nitrogens with zero attached hydrogens (tertiary/aromatic N) is 2. The van der Waals surface area contributed by atoms with E-state index in [1.165, 1.54) is 28.6 Å². The molecule has 37 heavy (non-hydrogen) atoms. The van der Waals surface area contributed by atoms with Crippen molar-refractivity contribution in [1.82, 2.24) is 4.31 Å². The smallest absolute Gasteiger partial charge is 0.325 e. The molecule has 1 N–H and O–H groups in total. The largest absolute Gasteiger partial charge is 0.419 e. The van der Waals surface area contributed by atoms with E-state index in [4.69, 9.17) is 5.26 Å². The van der Waals surface area contributed by atoms with Crippen molar-refractivity contribution in [2.75, 3.05) is 11.9 Å². The number of carbonyl (C=O) groups is 1. The molecule has 1 aliphatic heterocycles. The molecule has 11 heteroatoms. The standard InChI is InChI=1S/C26H21F4N3O3S/c1-16-5-7-19-15-33(37(35,36)20-4-2-3-18(11-20)14-31)10-9-21(19)25(16)32-24(34)13-17-6-8-22(23(27)12-17)26(28,29)30/h2-8,11-12H,9-10,13,15H2,1H3,(H,32,34). The summed E-state index contributed by atoms with van der Waals surface area (Å²) >= 11 is 0. The summed E-state index contributed by atoms with van der Waals surface area (Å²) in [6.07, 6.45) is -4.86. The number of halogens is 4. The van der Waals surface area contributed by atoms with E-state index < -0.39 is 33.5 Å². The first kappa shape index (κ1) is 26.3. The van der Waals surface area contributed by atoms with Crippen LogP contribution in [0.3, 0.4) is 0 Å². The van der Waals surface area contributed by atoms with Crippen molar-refractivity contribution >= 4 is 21.6 Å². The average molecular weight is 532 g/mol.